The highest BCUT2D eigenvalue weighted by Gasteiger charge is 2.38. The van der Waals surface area contributed by atoms with Crippen LogP contribution < -0.4 is 5.73 Å². The molecule has 4 rings (SSSR count). The van der Waals surface area contributed by atoms with Crippen LogP contribution in [-0.4, -0.2) is 5.71 Å². The van der Waals surface area contributed by atoms with Gasteiger partial charge in [-0.3, -0.25) is 5.41 Å². The molecule has 0 aliphatic heterocycles. The molecule has 0 unspecified atom stereocenters. The van der Waals surface area contributed by atoms with E-state index < -0.39 is 0 Å². The van der Waals surface area contributed by atoms with Crippen LogP contribution in [0.15, 0.2) is 65.9 Å². The molecule has 0 saturated heterocycles. The third-order valence-electron chi connectivity index (χ3n) is 5.47. The quantitative estimate of drug-likeness (QED) is 0.734. The van der Waals surface area contributed by atoms with E-state index in [1.165, 1.54) is 22.3 Å². The van der Waals surface area contributed by atoms with E-state index in [-0.39, 0.29) is 10.8 Å². The van der Waals surface area contributed by atoms with Crippen molar-refractivity contribution in [2.45, 2.75) is 33.1 Å². The number of hydrogen-bond acceptors (Lipinski definition) is 2. The minimum atomic E-state index is -0.123. The minimum Gasteiger partial charge on any atom is -0.398 e. The average molecular weight is 328 g/mol. The maximum Gasteiger partial charge on any atom is 0.0705 e. The first kappa shape index (κ1) is 15.9. The highest BCUT2D eigenvalue weighted by atomic mass is 14.6. The molecule has 0 saturated carbocycles. The Bertz CT molecular complexity index is 971. The Morgan fingerprint density at radius 2 is 1.56 bits per heavy atom. The number of fused-ring (bicyclic) bond motifs is 3. The minimum absolute atomic E-state index is 0.0951. The summed E-state index contributed by atoms with van der Waals surface area (Å²) >= 11 is 0. The summed E-state index contributed by atoms with van der Waals surface area (Å²) in [7, 11) is 0. The van der Waals surface area contributed by atoms with Crippen molar-refractivity contribution in [1.29, 1.82) is 5.41 Å². The van der Waals surface area contributed by atoms with Gasteiger partial charge in [-0.05, 0) is 22.3 Å². The summed E-state index contributed by atoms with van der Waals surface area (Å²) < 4.78 is 0. The largest absolute Gasteiger partial charge is 0.398 e. The smallest absolute Gasteiger partial charge is 0.0705 e. The molecule has 25 heavy (non-hydrogen) atoms. The van der Waals surface area contributed by atoms with Gasteiger partial charge in [-0.1, -0.05) is 82.3 Å². The summed E-state index contributed by atoms with van der Waals surface area (Å²) in [5, 5.41) is 8.90. The maximum atomic E-state index is 8.90. The van der Waals surface area contributed by atoms with Crippen molar-refractivity contribution < 1.29 is 0 Å². The van der Waals surface area contributed by atoms with E-state index in [1.807, 2.05) is 6.08 Å². The fraction of sp³-hybridized carbons (Fsp3) is 0.261. The molecule has 0 heterocycles. The van der Waals surface area contributed by atoms with Gasteiger partial charge in [-0.15, -0.1) is 0 Å². The van der Waals surface area contributed by atoms with E-state index in [4.69, 9.17) is 11.1 Å². The Kier molecular flexibility index (Phi) is 3.15. The number of allylic oxidation sites excluding steroid dienone is 3. The lowest BCUT2D eigenvalue weighted by Crippen LogP contribution is -2.20. The molecule has 0 bridgehead atoms. The van der Waals surface area contributed by atoms with E-state index in [1.54, 1.807) is 0 Å². The molecule has 2 aliphatic rings. The highest BCUT2D eigenvalue weighted by Crippen LogP contribution is 2.50. The molecule has 2 nitrogen and oxygen atoms in total. The number of hydrogen-bond donors (Lipinski definition) is 2. The van der Waals surface area contributed by atoms with E-state index >= 15 is 0 Å². The van der Waals surface area contributed by atoms with E-state index in [0.717, 1.165) is 11.1 Å². The van der Waals surface area contributed by atoms with Gasteiger partial charge in [0.2, 0.25) is 0 Å². The number of benzene rings is 2. The summed E-state index contributed by atoms with van der Waals surface area (Å²) in [6, 6.07) is 14.9. The first-order valence-electron chi connectivity index (χ1n) is 8.76. The second kappa shape index (κ2) is 4.95. The summed E-state index contributed by atoms with van der Waals surface area (Å²) in [5.41, 5.74) is 14.2. The second-order valence-corrected chi connectivity index (χ2v) is 8.25. The van der Waals surface area contributed by atoms with Gasteiger partial charge in [0.1, 0.15) is 0 Å². The van der Waals surface area contributed by atoms with Gasteiger partial charge in [-0.2, -0.15) is 0 Å². The van der Waals surface area contributed by atoms with Gasteiger partial charge >= 0.3 is 0 Å². The van der Waals surface area contributed by atoms with Gasteiger partial charge in [0.15, 0.2) is 0 Å². The molecule has 126 valence electrons. The first-order chi connectivity index (χ1) is 11.7. The predicted molar refractivity (Wildman–Crippen MR) is 105 cm³/mol. The van der Waals surface area contributed by atoms with Crippen LogP contribution >= 0.6 is 0 Å². The molecule has 2 aromatic carbocycles. The molecule has 0 fully saturated rings. The molecule has 2 heteroatoms. The van der Waals surface area contributed by atoms with Gasteiger partial charge in [0, 0.05) is 27.7 Å². The summed E-state index contributed by atoms with van der Waals surface area (Å²) in [6.07, 6.45) is 4.15. The molecule has 0 radical (unpaired) electrons. The van der Waals surface area contributed by atoms with Crippen LogP contribution in [0.1, 0.15) is 44.4 Å². The molecule has 2 aromatic rings. The molecule has 0 atom stereocenters. The fourth-order valence-corrected chi connectivity index (χ4v) is 4.39. The zero-order valence-corrected chi connectivity index (χ0v) is 15.3. The standard InChI is InChI=1S/C23H24N2/c1-22(2)12-17(19(24)13-22)21(25)16-10-7-9-15-14-8-5-6-11-18(14)23(3,4)20(15)16/h5-13,25H,24H2,1-4H3. The van der Waals surface area contributed by atoms with Crippen LogP contribution in [0.2, 0.25) is 0 Å². The van der Waals surface area contributed by atoms with Crippen molar-refractivity contribution in [3.63, 3.8) is 0 Å². The van der Waals surface area contributed by atoms with Crippen LogP contribution in [0.4, 0.5) is 0 Å². The molecule has 0 amide bonds. The average Bonchev–Trinajstić information content (AvgIpc) is 2.98. The van der Waals surface area contributed by atoms with Crippen LogP contribution in [0.3, 0.4) is 0 Å². The van der Waals surface area contributed by atoms with Gasteiger partial charge in [0.25, 0.3) is 0 Å². The van der Waals surface area contributed by atoms with Crippen LogP contribution in [0.25, 0.3) is 11.1 Å². The van der Waals surface area contributed by atoms with E-state index in [2.05, 4.69) is 76.2 Å². The molecule has 0 spiro atoms. The normalized spacial score (nSPS) is 19.0. The SMILES string of the molecule is CC1(C)C=C(N)C(C(=N)c2cccc3c2C(C)(C)c2ccccc2-3)=C1. The summed E-state index contributed by atoms with van der Waals surface area (Å²) in [6.45, 7) is 8.74. The van der Waals surface area contributed by atoms with Gasteiger partial charge in [-0.25, -0.2) is 0 Å². The van der Waals surface area contributed by atoms with Crippen molar-refractivity contribution >= 4 is 5.71 Å². The Balaban J connectivity index is 1.92. The summed E-state index contributed by atoms with van der Waals surface area (Å²) in [4.78, 5) is 0. The lowest BCUT2D eigenvalue weighted by atomic mass is 9.78. The Hall–Kier alpha value is -2.61. The van der Waals surface area contributed by atoms with E-state index in [0.29, 0.717) is 11.4 Å². The number of nitrogens with one attached hydrogen (secondary N) is 1. The lowest BCUT2D eigenvalue weighted by Gasteiger charge is -2.25. The van der Waals surface area contributed by atoms with Gasteiger partial charge < -0.3 is 5.73 Å². The van der Waals surface area contributed by atoms with E-state index in [9.17, 15) is 0 Å². The van der Waals surface area contributed by atoms with Gasteiger partial charge in [0.05, 0.1) is 5.71 Å². The van der Waals surface area contributed by atoms with Crippen molar-refractivity contribution in [1.82, 2.24) is 0 Å². The monoisotopic (exact) mass is 328 g/mol. The van der Waals surface area contributed by atoms with Crippen molar-refractivity contribution in [2.24, 2.45) is 11.1 Å². The third-order valence-corrected chi connectivity index (χ3v) is 5.47. The highest BCUT2D eigenvalue weighted by molar-refractivity contribution is 6.16. The Morgan fingerprint density at radius 3 is 2.24 bits per heavy atom. The molecular weight excluding hydrogens is 304 g/mol. The molecule has 2 aliphatic carbocycles. The first-order valence-corrected chi connectivity index (χ1v) is 8.76. The van der Waals surface area contributed by atoms with Crippen LogP contribution in [0.5, 0.6) is 0 Å². The van der Waals surface area contributed by atoms with Crippen molar-refractivity contribution in [3.8, 4) is 11.1 Å². The van der Waals surface area contributed by atoms with Crippen LogP contribution in [0, 0.1) is 10.8 Å². The lowest BCUT2D eigenvalue weighted by molar-refractivity contribution is 0.634. The van der Waals surface area contributed by atoms with Crippen molar-refractivity contribution in [3.05, 3.63) is 82.6 Å². The molecular formula is C23H24N2. The third kappa shape index (κ3) is 2.21. The topological polar surface area (TPSA) is 49.9 Å². The zero-order valence-electron chi connectivity index (χ0n) is 15.3. The molecule has 0 aromatic heterocycles. The van der Waals surface area contributed by atoms with Crippen LogP contribution in [-0.2, 0) is 5.41 Å². The Labute approximate surface area is 149 Å². The van der Waals surface area contributed by atoms with Crippen molar-refractivity contribution in [2.75, 3.05) is 0 Å². The molecule has 3 N–H and O–H groups in total. The summed E-state index contributed by atoms with van der Waals surface area (Å²) in [5.74, 6) is 0. The second-order valence-electron chi connectivity index (χ2n) is 8.25. The maximum absolute atomic E-state index is 8.90. The Morgan fingerprint density at radius 1 is 0.880 bits per heavy atom. The fourth-order valence-electron chi connectivity index (χ4n) is 4.39. The number of rotatable bonds is 2. The zero-order chi connectivity index (χ0) is 18.0. The number of nitrogens with two attached hydrogens (primary N) is 1. The predicted octanol–water partition coefficient (Wildman–Crippen LogP) is 5.17.